The zero-order valence-corrected chi connectivity index (χ0v) is 7.58. The molecule has 0 aromatic heterocycles. The third-order valence-corrected chi connectivity index (χ3v) is 2.08. The average Bonchev–Trinajstić information content (AvgIpc) is 2.09. The van der Waals surface area contributed by atoms with Crippen molar-refractivity contribution >= 4 is 0 Å². The van der Waals surface area contributed by atoms with Crippen LogP contribution in [0.4, 0.5) is 0 Å². The lowest BCUT2D eigenvalue weighted by Crippen LogP contribution is -2.30. The summed E-state index contributed by atoms with van der Waals surface area (Å²) in [7, 11) is 0. The first-order chi connectivity index (χ1) is 5.84. The number of terminal acetylenes is 1. The molecule has 1 saturated heterocycles. The van der Waals surface area contributed by atoms with Crippen molar-refractivity contribution < 1.29 is 9.47 Å². The normalized spacial score (nSPS) is 29.7. The molecule has 0 saturated carbocycles. The fourth-order valence-corrected chi connectivity index (χ4v) is 1.35. The molecule has 0 spiro atoms. The van der Waals surface area contributed by atoms with Gasteiger partial charge in [-0.3, -0.25) is 0 Å². The molecule has 1 aliphatic rings. The molecule has 2 nitrogen and oxygen atoms in total. The van der Waals surface area contributed by atoms with Crippen LogP contribution >= 0.6 is 0 Å². The van der Waals surface area contributed by atoms with E-state index in [-0.39, 0.29) is 6.29 Å². The molecule has 0 bridgehead atoms. The first-order valence-electron chi connectivity index (χ1n) is 4.51. The van der Waals surface area contributed by atoms with Gasteiger partial charge in [-0.25, -0.2) is 0 Å². The molecule has 0 radical (unpaired) electrons. The van der Waals surface area contributed by atoms with Gasteiger partial charge in [0.05, 0.1) is 6.61 Å². The fraction of sp³-hybridized carbons (Fsp3) is 0.800. The van der Waals surface area contributed by atoms with E-state index >= 15 is 0 Å². The van der Waals surface area contributed by atoms with Gasteiger partial charge >= 0.3 is 0 Å². The largest absolute Gasteiger partial charge is 0.352 e. The molecule has 2 atom stereocenters. The molecule has 0 aromatic rings. The smallest absolute Gasteiger partial charge is 0.160 e. The van der Waals surface area contributed by atoms with Crippen molar-refractivity contribution in [2.75, 3.05) is 13.2 Å². The van der Waals surface area contributed by atoms with Gasteiger partial charge in [-0.2, -0.15) is 0 Å². The van der Waals surface area contributed by atoms with Crippen molar-refractivity contribution in [2.45, 2.75) is 32.5 Å². The molecular weight excluding hydrogens is 152 g/mol. The third kappa shape index (κ3) is 2.84. The summed E-state index contributed by atoms with van der Waals surface area (Å²) < 4.78 is 10.9. The van der Waals surface area contributed by atoms with Crippen LogP contribution in [0.2, 0.25) is 0 Å². The quantitative estimate of drug-likeness (QED) is 0.472. The van der Waals surface area contributed by atoms with E-state index in [4.69, 9.17) is 15.9 Å². The van der Waals surface area contributed by atoms with E-state index in [0.29, 0.717) is 18.9 Å². The van der Waals surface area contributed by atoms with E-state index in [1.54, 1.807) is 0 Å². The van der Waals surface area contributed by atoms with E-state index in [2.05, 4.69) is 12.8 Å². The molecule has 1 rings (SSSR count). The van der Waals surface area contributed by atoms with Crippen LogP contribution in [0.3, 0.4) is 0 Å². The van der Waals surface area contributed by atoms with Gasteiger partial charge in [-0.05, 0) is 12.8 Å². The molecule has 1 aliphatic heterocycles. The Morgan fingerprint density at radius 2 is 2.50 bits per heavy atom. The molecule has 0 aromatic carbocycles. The minimum absolute atomic E-state index is 0.0212. The van der Waals surface area contributed by atoms with Crippen LogP contribution in [0.15, 0.2) is 0 Å². The lowest BCUT2D eigenvalue weighted by molar-refractivity contribution is -0.187. The standard InChI is InChI=1S/C10H16O2/c1-3-4-7-11-10-9(2)6-5-8-12-10/h1,9-10H,4-8H2,2H3/t9-,10+/m0/s1. The van der Waals surface area contributed by atoms with Crippen molar-refractivity contribution in [3.63, 3.8) is 0 Å². The highest BCUT2D eigenvalue weighted by Crippen LogP contribution is 2.20. The topological polar surface area (TPSA) is 18.5 Å². The third-order valence-electron chi connectivity index (χ3n) is 2.08. The summed E-state index contributed by atoms with van der Waals surface area (Å²) in [6.07, 6.45) is 8.10. The van der Waals surface area contributed by atoms with E-state index in [1.165, 1.54) is 6.42 Å². The van der Waals surface area contributed by atoms with Gasteiger partial charge in [0.15, 0.2) is 6.29 Å². The van der Waals surface area contributed by atoms with Crippen LogP contribution in [0.5, 0.6) is 0 Å². The molecule has 0 aliphatic carbocycles. The van der Waals surface area contributed by atoms with E-state index in [9.17, 15) is 0 Å². The Morgan fingerprint density at radius 3 is 3.17 bits per heavy atom. The maximum Gasteiger partial charge on any atom is 0.160 e. The molecule has 0 unspecified atom stereocenters. The molecule has 12 heavy (non-hydrogen) atoms. The lowest BCUT2D eigenvalue weighted by atomic mass is 10.0. The highest BCUT2D eigenvalue weighted by atomic mass is 16.7. The molecule has 1 fully saturated rings. The second-order valence-corrected chi connectivity index (χ2v) is 3.18. The number of hydrogen-bond acceptors (Lipinski definition) is 2. The van der Waals surface area contributed by atoms with E-state index in [0.717, 1.165) is 13.0 Å². The van der Waals surface area contributed by atoms with Gasteiger partial charge < -0.3 is 9.47 Å². The van der Waals surface area contributed by atoms with Crippen molar-refractivity contribution in [1.82, 2.24) is 0 Å². The average molecular weight is 168 g/mol. The summed E-state index contributed by atoms with van der Waals surface area (Å²) in [5.41, 5.74) is 0. The molecule has 1 heterocycles. The Hall–Kier alpha value is -0.520. The Balaban J connectivity index is 2.16. The maximum atomic E-state index is 5.47. The van der Waals surface area contributed by atoms with Crippen LogP contribution in [-0.4, -0.2) is 19.5 Å². The van der Waals surface area contributed by atoms with Gasteiger partial charge in [0.1, 0.15) is 0 Å². The Morgan fingerprint density at radius 1 is 1.67 bits per heavy atom. The SMILES string of the molecule is C#CCCO[C@@H]1OCCC[C@@H]1C. The summed E-state index contributed by atoms with van der Waals surface area (Å²) in [6, 6.07) is 0. The zero-order chi connectivity index (χ0) is 8.81. The van der Waals surface area contributed by atoms with E-state index < -0.39 is 0 Å². The minimum Gasteiger partial charge on any atom is -0.352 e. The predicted molar refractivity (Wildman–Crippen MR) is 47.5 cm³/mol. The van der Waals surface area contributed by atoms with Gasteiger partial charge in [0.25, 0.3) is 0 Å². The second-order valence-electron chi connectivity index (χ2n) is 3.18. The molecular formula is C10H16O2. The number of hydrogen-bond donors (Lipinski definition) is 0. The first-order valence-corrected chi connectivity index (χ1v) is 4.51. The molecule has 0 N–H and O–H groups in total. The van der Waals surface area contributed by atoms with Gasteiger partial charge in [-0.15, -0.1) is 12.3 Å². The van der Waals surface area contributed by atoms with E-state index in [1.807, 2.05) is 0 Å². The highest BCUT2D eigenvalue weighted by molar-refractivity contribution is 4.83. The zero-order valence-electron chi connectivity index (χ0n) is 7.58. The summed E-state index contributed by atoms with van der Waals surface area (Å²) in [5.74, 6) is 3.05. The number of ether oxygens (including phenoxy) is 2. The summed E-state index contributed by atoms with van der Waals surface area (Å²) in [4.78, 5) is 0. The van der Waals surface area contributed by atoms with Gasteiger partial charge in [-0.1, -0.05) is 6.92 Å². The molecule has 0 amide bonds. The van der Waals surface area contributed by atoms with Crippen LogP contribution in [0, 0.1) is 18.3 Å². The summed E-state index contributed by atoms with van der Waals surface area (Å²) in [5, 5.41) is 0. The lowest BCUT2D eigenvalue weighted by Gasteiger charge is -2.28. The summed E-state index contributed by atoms with van der Waals surface area (Å²) >= 11 is 0. The Labute approximate surface area is 74.2 Å². The monoisotopic (exact) mass is 168 g/mol. The van der Waals surface area contributed by atoms with Crippen molar-refractivity contribution in [3.8, 4) is 12.3 Å². The Bertz CT molecular complexity index is 160. The van der Waals surface area contributed by atoms with Crippen molar-refractivity contribution in [3.05, 3.63) is 0 Å². The van der Waals surface area contributed by atoms with Crippen molar-refractivity contribution in [1.29, 1.82) is 0 Å². The van der Waals surface area contributed by atoms with Crippen LogP contribution < -0.4 is 0 Å². The van der Waals surface area contributed by atoms with Crippen LogP contribution in [0.1, 0.15) is 26.2 Å². The van der Waals surface area contributed by atoms with Gasteiger partial charge in [0.2, 0.25) is 0 Å². The van der Waals surface area contributed by atoms with Crippen LogP contribution in [0.25, 0.3) is 0 Å². The molecule has 2 heteroatoms. The fourth-order valence-electron chi connectivity index (χ4n) is 1.35. The Kier molecular flexibility index (Phi) is 4.13. The summed E-state index contributed by atoms with van der Waals surface area (Å²) in [6.45, 7) is 3.59. The second kappa shape index (κ2) is 5.18. The molecule has 68 valence electrons. The highest BCUT2D eigenvalue weighted by Gasteiger charge is 2.21. The first kappa shape index (κ1) is 9.57. The maximum absolute atomic E-state index is 5.47. The number of rotatable bonds is 3. The van der Waals surface area contributed by atoms with Gasteiger partial charge in [0, 0.05) is 18.9 Å². The minimum atomic E-state index is -0.0212. The van der Waals surface area contributed by atoms with Crippen LogP contribution in [-0.2, 0) is 9.47 Å². The predicted octanol–water partition coefficient (Wildman–Crippen LogP) is 1.80. The van der Waals surface area contributed by atoms with Crippen molar-refractivity contribution in [2.24, 2.45) is 5.92 Å².